The number of likely N-dealkylation sites (N-methyl/N-ethyl adjacent to an activating group) is 1. The zero-order chi connectivity index (χ0) is 21.3. The van der Waals surface area contributed by atoms with E-state index in [1.165, 1.54) is 18.2 Å². The van der Waals surface area contributed by atoms with Crippen LogP contribution in [0, 0.1) is 11.8 Å². The van der Waals surface area contributed by atoms with E-state index in [4.69, 9.17) is 0 Å². The number of likely N-dealkylation sites (tertiary alicyclic amines) is 1. The summed E-state index contributed by atoms with van der Waals surface area (Å²) in [7, 11) is 1.65. The maximum atomic E-state index is 12.1. The largest absolute Gasteiger partial charge is 0.369 e. The van der Waals surface area contributed by atoms with Gasteiger partial charge in [-0.15, -0.1) is 0 Å². The van der Waals surface area contributed by atoms with Crippen LogP contribution in [0.1, 0.15) is 18.9 Å². The second-order valence-corrected chi connectivity index (χ2v) is 7.14. The smallest absolute Gasteiger partial charge is 0.267 e. The minimum Gasteiger partial charge on any atom is -0.369 e. The summed E-state index contributed by atoms with van der Waals surface area (Å²) in [6.07, 6.45) is 1.66. The molecule has 8 nitrogen and oxygen atoms in total. The molecule has 30 heavy (non-hydrogen) atoms. The molecule has 1 aliphatic heterocycles. The molecule has 1 saturated heterocycles. The molecule has 2 aromatic heterocycles. The Morgan fingerprint density at radius 2 is 2.10 bits per heavy atom. The zero-order valence-electron chi connectivity index (χ0n) is 16.5. The maximum absolute atomic E-state index is 12.1. The van der Waals surface area contributed by atoms with Crippen molar-refractivity contribution in [1.29, 1.82) is 0 Å². The Bertz CT molecular complexity index is 1230. The summed E-state index contributed by atoms with van der Waals surface area (Å²) in [6.45, 7) is 1.88. The number of carbonyl (C=O) groups is 2. The van der Waals surface area contributed by atoms with Crippen LogP contribution in [0.2, 0.25) is 0 Å². The number of hydrogen-bond donors (Lipinski definition) is 2. The Morgan fingerprint density at radius 1 is 1.27 bits per heavy atom. The van der Waals surface area contributed by atoms with Crippen LogP contribution in [0.15, 0.2) is 42.7 Å². The van der Waals surface area contributed by atoms with E-state index in [9.17, 15) is 14.7 Å². The highest BCUT2D eigenvalue weighted by molar-refractivity contribution is 5.96. The lowest BCUT2D eigenvalue weighted by Gasteiger charge is -2.13. The fourth-order valence-corrected chi connectivity index (χ4v) is 3.26. The molecule has 1 aromatic carbocycles. The summed E-state index contributed by atoms with van der Waals surface area (Å²) in [4.78, 5) is 37.9. The van der Waals surface area contributed by atoms with Crippen molar-refractivity contribution in [1.82, 2.24) is 19.9 Å². The highest BCUT2D eigenvalue weighted by Gasteiger charge is 2.42. The molecule has 2 N–H and O–H groups in total. The molecule has 0 radical (unpaired) electrons. The topological polar surface area (TPSA) is 108 Å². The minimum absolute atomic E-state index is 0.246. The molecule has 8 heteroatoms. The number of anilines is 1. The lowest BCUT2D eigenvalue weighted by atomic mass is 10.0. The van der Waals surface area contributed by atoms with E-state index in [1.807, 2.05) is 24.3 Å². The third-order valence-electron chi connectivity index (χ3n) is 4.86. The van der Waals surface area contributed by atoms with Gasteiger partial charge in [0.2, 0.25) is 11.5 Å². The van der Waals surface area contributed by atoms with E-state index >= 15 is 0 Å². The average molecular weight is 401 g/mol. The Balaban J connectivity index is 1.69. The van der Waals surface area contributed by atoms with Gasteiger partial charge in [0, 0.05) is 38.1 Å². The second-order valence-electron chi connectivity index (χ2n) is 7.14. The van der Waals surface area contributed by atoms with Gasteiger partial charge >= 0.3 is 0 Å². The quantitative estimate of drug-likeness (QED) is 0.632. The van der Waals surface area contributed by atoms with Crippen LogP contribution in [0.3, 0.4) is 0 Å². The predicted molar refractivity (Wildman–Crippen MR) is 111 cm³/mol. The lowest BCUT2D eigenvalue weighted by molar-refractivity contribution is -0.137. The molecular weight excluding hydrogens is 382 g/mol. The van der Waals surface area contributed by atoms with Gasteiger partial charge in [-0.05, 0) is 24.3 Å². The number of benzene rings is 1. The number of aliphatic hydroxyl groups is 1. The highest BCUT2D eigenvalue weighted by atomic mass is 16.3. The summed E-state index contributed by atoms with van der Waals surface area (Å²) < 4.78 is 0. The zero-order valence-corrected chi connectivity index (χ0v) is 16.5. The first-order chi connectivity index (χ1) is 14.4. The van der Waals surface area contributed by atoms with Gasteiger partial charge in [-0.2, -0.15) is 0 Å². The van der Waals surface area contributed by atoms with Crippen molar-refractivity contribution in [2.45, 2.75) is 18.9 Å². The standard InChI is InChI=1S/C22H19N5O3/c1-14(28)25-20-19-18(23-13-24-20)7-6-17(26-19)16-5-3-4-15(12-16)8-9-22(30)10-11-27(2)21(22)29/h3-7,12-13,30H,10-11H2,1-2H3,(H,23,24,25,28)/t22-/m0/s1. The van der Waals surface area contributed by atoms with Crippen molar-refractivity contribution < 1.29 is 14.7 Å². The van der Waals surface area contributed by atoms with Gasteiger partial charge in [-0.25, -0.2) is 15.0 Å². The van der Waals surface area contributed by atoms with Gasteiger partial charge in [0.1, 0.15) is 11.8 Å². The van der Waals surface area contributed by atoms with Gasteiger partial charge in [-0.1, -0.05) is 24.0 Å². The number of pyridine rings is 1. The van der Waals surface area contributed by atoms with Gasteiger partial charge < -0.3 is 15.3 Å². The SMILES string of the molecule is CC(=O)Nc1ncnc2ccc(-c3cccc(C#C[C@]4(O)CCN(C)C4=O)c3)nc12. The molecule has 0 aliphatic carbocycles. The maximum Gasteiger partial charge on any atom is 0.267 e. The van der Waals surface area contributed by atoms with Gasteiger partial charge in [0.15, 0.2) is 5.82 Å². The van der Waals surface area contributed by atoms with Crippen LogP contribution in [-0.2, 0) is 9.59 Å². The second kappa shape index (κ2) is 7.54. The minimum atomic E-state index is -1.64. The van der Waals surface area contributed by atoms with E-state index in [0.717, 1.165) is 5.56 Å². The third-order valence-corrected chi connectivity index (χ3v) is 4.86. The Morgan fingerprint density at radius 3 is 2.83 bits per heavy atom. The summed E-state index contributed by atoms with van der Waals surface area (Å²) in [5.74, 6) is 5.34. The molecule has 1 aliphatic rings. The molecular formula is C22H19N5O3. The van der Waals surface area contributed by atoms with Crippen molar-refractivity contribution in [2.24, 2.45) is 0 Å². The normalized spacial score (nSPS) is 18.2. The van der Waals surface area contributed by atoms with Crippen molar-refractivity contribution in [3.05, 3.63) is 48.3 Å². The number of amides is 2. The van der Waals surface area contributed by atoms with Crippen LogP contribution in [-0.4, -0.2) is 56.0 Å². The highest BCUT2D eigenvalue weighted by Crippen LogP contribution is 2.25. The molecule has 2 amide bonds. The van der Waals surface area contributed by atoms with Crippen LogP contribution in [0.5, 0.6) is 0 Å². The summed E-state index contributed by atoms with van der Waals surface area (Å²) >= 11 is 0. The molecule has 3 heterocycles. The van der Waals surface area contributed by atoms with Gasteiger partial charge in [-0.3, -0.25) is 9.59 Å². The molecule has 0 spiro atoms. The number of nitrogens with zero attached hydrogens (tertiary/aromatic N) is 4. The van der Waals surface area contributed by atoms with E-state index in [-0.39, 0.29) is 18.2 Å². The number of aromatic nitrogens is 3. The van der Waals surface area contributed by atoms with Crippen molar-refractivity contribution in [2.75, 3.05) is 18.9 Å². The summed E-state index contributed by atoms with van der Waals surface area (Å²) in [5, 5.41) is 13.1. The van der Waals surface area contributed by atoms with Crippen LogP contribution in [0.25, 0.3) is 22.3 Å². The first kappa shape index (κ1) is 19.5. The van der Waals surface area contributed by atoms with E-state index in [2.05, 4.69) is 32.1 Å². The Labute approximate surface area is 173 Å². The number of carbonyl (C=O) groups excluding carboxylic acids is 2. The lowest BCUT2D eigenvalue weighted by Crippen LogP contribution is -2.37. The van der Waals surface area contributed by atoms with Crippen LogP contribution in [0.4, 0.5) is 5.82 Å². The predicted octanol–water partition coefficient (Wildman–Crippen LogP) is 1.59. The van der Waals surface area contributed by atoms with Crippen LogP contribution >= 0.6 is 0 Å². The molecule has 0 saturated carbocycles. The number of rotatable bonds is 2. The van der Waals surface area contributed by atoms with Gasteiger partial charge in [0.25, 0.3) is 5.91 Å². The van der Waals surface area contributed by atoms with Crippen LogP contribution < -0.4 is 5.32 Å². The average Bonchev–Trinajstić information content (AvgIpc) is 3.00. The molecule has 0 unspecified atom stereocenters. The fraction of sp³-hybridized carbons (Fsp3) is 0.227. The fourth-order valence-electron chi connectivity index (χ4n) is 3.26. The number of nitrogens with one attached hydrogen (secondary N) is 1. The third kappa shape index (κ3) is 3.71. The Hall–Kier alpha value is -3.83. The molecule has 4 rings (SSSR count). The summed E-state index contributed by atoms with van der Waals surface area (Å²) in [6, 6.07) is 11.0. The number of hydrogen-bond acceptors (Lipinski definition) is 6. The van der Waals surface area contributed by atoms with E-state index in [1.54, 1.807) is 19.2 Å². The molecule has 150 valence electrons. The van der Waals surface area contributed by atoms with Crippen molar-refractivity contribution >= 4 is 28.7 Å². The molecule has 3 aromatic rings. The first-order valence-corrected chi connectivity index (χ1v) is 9.37. The van der Waals surface area contributed by atoms with E-state index < -0.39 is 5.60 Å². The molecule has 0 bridgehead atoms. The van der Waals surface area contributed by atoms with E-state index in [0.29, 0.717) is 34.7 Å². The molecule has 1 fully saturated rings. The first-order valence-electron chi connectivity index (χ1n) is 9.37. The number of fused-ring (bicyclic) bond motifs is 1. The summed E-state index contributed by atoms with van der Waals surface area (Å²) in [5.41, 5.74) is 1.55. The van der Waals surface area contributed by atoms with Crippen molar-refractivity contribution in [3.8, 4) is 23.1 Å². The van der Waals surface area contributed by atoms with Crippen molar-refractivity contribution in [3.63, 3.8) is 0 Å². The molecule has 1 atom stereocenters. The Kier molecular flexibility index (Phi) is 4.90. The van der Waals surface area contributed by atoms with Gasteiger partial charge in [0.05, 0.1) is 11.2 Å². The monoisotopic (exact) mass is 401 g/mol.